The molecule has 1 N–H and O–H groups in total. The molecule has 1 rings (SSSR count). The minimum absolute atomic E-state index is 0.0157. The van der Waals surface area contributed by atoms with E-state index in [1.54, 1.807) is 0 Å². The number of carboxylic acids is 1. The topological polar surface area (TPSA) is 63.6 Å². The van der Waals surface area contributed by atoms with Gasteiger partial charge in [0.1, 0.15) is 6.10 Å². The molecule has 1 aliphatic heterocycles. The maximum atomic E-state index is 11.7. The maximum Gasteiger partial charge on any atom is 0.309 e. The highest BCUT2D eigenvalue weighted by Gasteiger charge is 2.36. The van der Waals surface area contributed by atoms with E-state index in [0.29, 0.717) is 11.8 Å². The lowest BCUT2D eigenvalue weighted by Gasteiger charge is -2.20. The Morgan fingerprint density at radius 2 is 2.00 bits per heavy atom. The highest BCUT2D eigenvalue weighted by molar-refractivity contribution is 5.74. The second-order valence-corrected chi connectivity index (χ2v) is 6.32. The van der Waals surface area contributed by atoms with E-state index in [2.05, 4.69) is 0 Å². The van der Waals surface area contributed by atoms with E-state index >= 15 is 0 Å². The largest absolute Gasteiger partial charge is 0.481 e. The van der Waals surface area contributed by atoms with Gasteiger partial charge in [-0.1, -0.05) is 27.7 Å². The molecule has 0 aromatic carbocycles. The number of rotatable bonds is 7. The Morgan fingerprint density at radius 1 is 1.37 bits per heavy atom. The number of aliphatic carboxylic acids is 1. The van der Waals surface area contributed by atoms with Gasteiger partial charge in [-0.05, 0) is 37.0 Å². The van der Waals surface area contributed by atoms with Gasteiger partial charge < -0.3 is 9.84 Å². The Kier molecular flexibility index (Phi) is 5.83. The first kappa shape index (κ1) is 16.0. The molecule has 4 heteroatoms. The van der Waals surface area contributed by atoms with Crippen molar-refractivity contribution in [2.45, 2.75) is 59.5 Å². The van der Waals surface area contributed by atoms with Crippen molar-refractivity contribution in [2.75, 3.05) is 0 Å². The van der Waals surface area contributed by atoms with E-state index in [-0.39, 0.29) is 30.3 Å². The van der Waals surface area contributed by atoms with Gasteiger partial charge in [-0.3, -0.25) is 9.59 Å². The van der Waals surface area contributed by atoms with Gasteiger partial charge in [0.25, 0.3) is 0 Å². The van der Waals surface area contributed by atoms with Gasteiger partial charge in [-0.2, -0.15) is 0 Å². The van der Waals surface area contributed by atoms with Crippen molar-refractivity contribution >= 4 is 11.9 Å². The molecule has 1 saturated heterocycles. The van der Waals surface area contributed by atoms with Crippen LogP contribution in [0.3, 0.4) is 0 Å². The fourth-order valence-corrected chi connectivity index (χ4v) is 2.70. The molecule has 0 bridgehead atoms. The Labute approximate surface area is 115 Å². The maximum absolute atomic E-state index is 11.7. The molecule has 0 unspecified atom stereocenters. The minimum Gasteiger partial charge on any atom is -0.481 e. The third-order valence-electron chi connectivity index (χ3n) is 4.15. The second-order valence-electron chi connectivity index (χ2n) is 6.32. The summed E-state index contributed by atoms with van der Waals surface area (Å²) < 4.78 is 5.38. The van der Waals surface area contributed by atoms with Crippen LogP contribution in [0.2, 0.25) is 0 Å². The van der Waals surface area contributed by atoms with Crippen LogP contribution in [-0.4, -0.2) is 23.1 Å². The Hall–Kier alpha value is -1.06. The molecule has 110 valence electrons. The zero-order valence-corrected chi connectivity index (χ0v) is 12.4. The van der Waals surface area contributed by atoms with E-state index in [4.69, 9.17) is 9.84 Å². The Balaban J connectivity index is 2.43. The molecule has 4 nitrogen and oxygen atoms in total. The van der Waals surface area contributed by atoms with Crippen molar-refractivity contribution in [3.63, 3.8) is 0 Å². The lowest BCUT2D eigenvalue weighted by Crippen LogP contribution is -2.17. The van der Waals surface area contributed by atoms with E-state index in [1.165, 1.54) is 0 Å². The molecule has 0 aromatic rings. The highest BCUT2D eigenvalue weighted by Crippen LogP contribution is 2.32. The molecule has 19 heavy (non-hydrogen) atoms. The summed E-state index contributed by atoms with van der Waals surface area (Å²) in [6.07, 6.45) is 2.56. The average Bonchev–Trinajstić information content (AvgIpc) is 2.65. The molecular weight excluding hydrogens is 244 g/mol. The van der Waals surface area contributed by atoms with Gasteiger partial charge in [-0.25, -0.2) is 0 Å². The van der Waals surface area contributed by atoms with Crippen LogP contribution >= 0.6 is 0 Å². The predicted molar refractivity (Wildman–Crippen MR) is 72.6 cm³/mol. The van der Waals surface area contributed by atoms with Gasteiger partial charge >= 0.3 is 11.9 Å². The lowest BCUT2D eigenvalue weighted by molar-refractivity contribution is -0.146. The zero-order valence-electron chi connectivity index (χ0n) is 12.4. The van der Waals surface area contributed by atoms with Crippen molar-refractivity contribution in [1.29, 1.82) is 0 Å². The molecule has 0 amide bonds. The molecule has 1 fully saturated rings. The molecule has 0 saturated carbocycles. The number of hydrogen-bond donors (Lipinski definition) is 1. The molecule has 0 aromatic heterocycles. The molecular formula is C15H26O4. The van der Waals surface area contributed by atoms with Crippen molar-refractivity contribution in [2.24, 2.45) is 23.7 Å². The fraction of sp³-hybridized carbons (Fsp3) is 0.867. The molecule has 0 spiro atoms. The molecule has 3 atom stereocenters. The monoisotopic (exact) mass is 270 g/mol. The smallest absolute Gasteiger partial charge is 0.309 e. The normalized spacial score (nSPS) is 24.8. The third kappa shape index (κ3) is 4.84. The van der Waals surface area contributed by atoms with Crippen LogP contribution in [0.1, 0.15) is 53.4 Å². The van der Waals surface area contributed by atoms with Crippen LogP contribution in [0.4, 0.5) is 0 Å². The summed E-state index contributed by atoms with van der Waals surface area (Å²) in [6.45, 7) is 8.17. The van der Waals surface area contributed by atoms with Crippen LogP contribution in [0.15, 0.2) is 0 Å². The summed E-state index contributed by atoms with van der Waals surface area (Å²) in [5.41, 5.74) is 0. The third-order valence-corrected chi connectivity index (χ3v) is 4.15. The van der Waals surface area contributed by atoms with Crippen molar-refractivity contribution in [3.8, 4) is 0 Å². The van der Waals surface area contributed by atoms with Gasteiger partial charge in [-0.15, -0.1) is 0 Å². The van der Waals surface area contributed by atoms with Crippen LogP contribution < -0.4 is 0 Å². The van der Waals surface area contributed by atoms with E-state index in [0.717, 1.165) is 19.3 Å². The highest BCUT2D eigenvalue weighted by atomic mass is 16.5. The molecule has 1 aliphatic rings. The number of esters is 1. The van der Waals surface area contributed by atoms with E-state index < -0.39 is 5.97 Å². The first-order valence-corrected chi connectivity index (χ1v) is 7.23. The summed E-state index contributed by atoms with van der Waals surface area (Å²) in [6, 6.07) is 0. The summed E-state index contributed by atoms with van der Waals surface area (Å²) in [7, 11) is 0. The van der Waals surface area contributed by atoms with Gasteiger partial charge in [0.15, 0.2) is 0 Å². The number of hydrogen-bond acceptors (Lipinski definition) is 3. The summed E-state index contributed by atoms with van der Waals surface area (Å²) in [4.78, 5) is 22.5. The van der Waals surface area contributed by atoms with E-state index in [1.807, 2.05) is 27.7 Å². The van der Waals surface area contributed by atoms with Crippen LogP contribution in [-0.2, 0) is 14.3 Å². The number of carbonyl (C=O) groups excluding carboxylic acids is 1. The first-order valence-electron chi connectivity index (χ1n) is 7.23. The van der Waals surface area contributed by atoms with Crippen molar-refractivity contribution in [3.05, 3.63) is 0 Å². The van der Waals surface area contributed by atoms with Crippen LogP contribution in [0.5, 0.6) is 0 Å². The van der Waals surface area contributed by atoms with Gasteiger partial charge in [0.2, 0.25) is 0 Å². The predicted octanol–water partition coefficient (Wildman–Crippen LogP) is 3.10. The van der Waals surface area contributed by atoms with Gasteiger partial charge in [0, 0.05) is 6.42 Å². The van der Waals surface area contributed by atoms with Gasteiger partial charge in [0.05, 0.1) is 5.92 Å². The summed E-state index contributed by atoms with van der Waals surface area (Å²) >= 11 is 0. The lowest BCUT2D eigenvalue weighted by atomic mass is 9.85. The molecule has 0 aliphatic carbocycles. The minimum atomic E-state index is -0.748. The summed E-state index contributed by atoms with van der Waals surface area (Å²) in [5.74, 6) is 0.00398. The first-order chi connectivity index (χ1) is 8.81. The standard InChI is InChI=1S/C15H26O4/c1-9(2)11(7-14(16)17)5-6-12-8-13(10(3)4)15(18)19-12/h9-13H,5-8H2,1-4H3,(H,16,17)/t11-,12-,13+/m1/s1. The number of ether oxygens (including phenoxy) is 1. The Bertz CT molecular complexity index is 322. The Morgan fingerprint density at radius 3 is 2.42 bits per heavy atom. The second kappa shape index (κ2) is 6.92. The number of carboxylic acid groups (broad SMARTS) is 1. The van der Waals surface area contributed by atoms with Crippen molar-refractivity contribution < 1.29 is 19.4 Å². The van der Waals surface area contributed by atoms with Crippen molar-refractivity contribution in [1.82, 2.24) is 0 Å². The quantitative estimate of drug-likeness (QED) is 0.722. The average molecular weight is 270 g/mol. The van der Waals surface area contributed by atoms with Crippen LogP contribution in [0, 0.1) is 23.7 Å². The molecule has 0 radical (unpaired) electrons. The van der Waals surface area contributed by atoms with Crippen LogP contribution in [0.25, 0.3) is 0 Å². The molecule has 1 heterocycles. The zero-order chi connectivity index (χ0) is 14.6. The SMILES string of the molecule is CC(C)[C@H](CC[C@@H]1C[C@@H](C(C)C)C(=O)O1)CC(=O)O. The number of carbonyl (C=O) groups is 2. The number of cyclic esters (lactones) is 1. The van der Waals surface area contributed by atoms with E-state index in [9.17, 15) is 9.59 Å². The summed E-state index contributed by atoms with van der Waals surface area (Å²) in [5, 5.41) is 8.90. The fourth-order valence-electron chi connectivity index (χ4n) is 2.70.